The van der Waals surface area contributed by atoms with Crippen molar-refractivity contribution >= 4 is 27.8 Å². The molecule has 4 aliphatic rings. The fourth-order valence-electron chi connectivity index (χ4n) is 5.97. The fraction of sp³-hybridized carbons (Fsp3) is 0.619. The molecule has 5 rings (SSSR count). The van der Waals surface area contributed by atoms with Crippen LogP contribution in [-0.4, -0.2) is 24.5 Å². The number of hydrogen-bond donors (Lipinski definition) is 1. The van der Waals surface area contributed by atoms with E-state index in [1.807, 2.05) is 6.07 Å². The van der Waals surface area contributed by atoms with Gasteiger partial charge in [0.25, 0.3) is 5.91 Å². The van der Waals surface area contributed by atoms with Crippen molar-refractivity contribution in [2.24, 2.45) is 23.2 Å². The van der Waals surface area contributed by atoms with Crippen molar-refractivity contribution in [3.8, 4) is 0 Å². The van der Waals surface area contributed by atoms with Gasteiger partial charge in [-0.05, 0) is 86.8 Å². The predicted molar refractivity (Wildman–Crippen MR) is 103 cm³/mol. The van der Waals surface area contributed by atoms with Crippen LogP contribution < -0.4 is 5.32 Å². The average molecular weight is 420 g/mol. The lowest BCUT2D eigenvalue weighted by atomic mass is 9.48. The topological polar surface area (TPSA) is 55.4 Å². The first-order valence-electron chi connectivity index (χ1n) is 9.65. The van der Waals surface area contributed by atoms with Gasteiger partial charge in [0.15, 0.2) is 6.61 Å². The Bertz CT molecular complexity index is 682. The first kappa shape index (κ1) is 18.0. The summed E-state index contributed by atoms with van der Waals surface area (Å²) in [4.78, 5) is 24.4. The highest BCUT2D eigenvalue weighted by molar-refractivity contribution is 9.10. The number of nitrogens with one attached hydrogen (secondary N) is 1. The molecule has 4 aliphatic carbocycles. The number of carbonyl (C=O) groups excluding carboxylic acids is 2. The molecular weight excluding hydrogens is 394 g/mol. The first-order chi connectivity index (χ1) is 12.4. The Balaban J connectivity index is 1.31. The number of hydrogen-bond acceptors (Lipinski definition) is 3. The van der Waals surface area contributed by atoms with Gasteiger partial charge in [-0.1, -0.05) is 22.0 Å². The maximum atomic E-state index is 12.4. The van der Waals surface area contributed by atoms with Crippen LogP contribution in [-0.2, 0) is 9.53 Å². The summed E-state index contributed by atoms with van der Waals surface area (Å²) in [5, 5.41) is 3.13. The summed E-state index contributed by atoms with van der Waals surface area (Å²) in [7, 11) is 0. The molecule has 0 aliphatic heterocycles. The highest BCUT2D eigenvalue weighted by Crippen LogP contribution is 2.61. The van der Waals surface area contributed by atoms with Gasteiger partial charge in [0.2, 0.25) is 0 Å². The Labute approximate surface area is 163 Å². The first-order valence-corrected chi connectivity index (χ1v) is 10.4. The normalized spacial score (nSPS) is 32.9. The fourth-order valence-corrected chi connectivity index (χ4v) is 6.37. The van der Waals surface area contributed by atoms with Gasteiger partial charge in [-0.3, -0.25) is 4.79 Å². The van der Waals surface area contributed by atoms with Gasteiger partial charge in [0.05, 0.1) is 5.56 Å². The van der Waals surface area contributed by atoms with E-state index in [-0.39, 0.29) is 24.0 Å². The second-order valence-electron chi connectivity index (χ2n) is 8.66. The lowest BCUT2D eigenvalue weighted by Gasteiger charge is -2.59. The van der Waals surface area contributed by atoms with Gasteiger partial charge < -0.3 is 10.1 Å². The van der Waals surface area contributed by atoms with Gasteiger partial charge in [0, 0.05) is 10.5 Å². The molecule has 4 fully saturated rings. The summed E-state index contributed by atoms with van der Waals surface area (Å²) in [6.45, 7) is 1.92. The average Bonchev–Trinajstić information content (AvgIpc) is 2.58. The van der Waals surface area contributed by atoms with Gasteiger partial charge in [-0.15, -0.1) is 0 Å². The molecular formula is C21H26BrNO3. The minimum Gasteiger partial charge on any atom is -0.452 e. The number of halogens is 1. The number of rotatable bonds is 5. The van der Waals surface area contributed by atoms with Crippen LogP contribution in [0.25, 0.3) is 0 Å². The zero-order chi connectivity index (χ0) is 18.3. The molecule has 1 aromatic carbocycles. The Morgan fingerprint density at radius 1 is 1.19 bits per heavy atom. The smallest absolute Gasteiger partial charge is 0.338 e. The van der Waals surface area contributed by atoms with E-state index in [9.17, 15) is 9.59 Å². The van der Waals surface area contributed by atoms with Crippen LogP contribution in [0.15, 0.2) is 28.7 Å². The maximum absolute atomic E-state index is 12.4. The lowest BCUT2D eigenvalue weighted by Crippen LogP contribution is -2.56. The van der Waals surface area contributed by atoms with Crippen LogP contribution in [0.1, 0.15) is 55.8 Å². The molecule has 4 bridgehead atoms. The standard InChI is InChI=1S/C21H26BrNO3/c1-13(21-9-14-5-15(10-21)7-16(6-14)11-21)23-19(24)12-26-20(25)17-3-2-4-18(22)8-17/h2-4,8,13-16H,5-7,9-12H2,1H3,(H,23,24)/t13-,14?,15?,16?,21?/m1/s1. The summed E-state index contributed by atoms with van der Waals surface area (Å²) in [5.74, 6) is 1.90. The van der Waals surface area contributed by atoms with E-state index < -0.39 is 5.97 Å². The minimum atomic E-state index is -0.469. The van der Waals surface area contributed by atoms with E-state index in [0.29, 0.717) is 5.56 Å². The van der Waals surface area contributed by atoms with E-state index in [4.69, 9.17) is 4.74 Å². The van der Waals surface area contributed by atoms with E-state index in [1.54, 1.807) is 18.2 Å². The largest absolute Gasteiger partial charge is 0.452 e. The van der Waals surface area contributed by atoms with Crippen molar-refractivity contribution in [3.05, 3.63) is 34.3 Å². The van der Waals surface area contributed by atoms with Crippen molar-refractivity contribution in [2.45, 2.75) is 51.5 Å². The number of amides is 1. The van der Waals surface area contributed by atoms with Crippen LogP contribution in [0.5, 0.6) is 0 Å². The van der Waals surface area contributed by atoms with Crippen LogP contribution in [0.2, 0.25) is 0 Å². The lowest BCUT2D eigenvalue weighted by molar-refractivity contribution is -0.128. The highest BCUT2D eigenvalue weighted by Gasteiger charge is 2.53. The molecule has 0 heterocycles. The van der Waals surface area contributed by atoms with Crippen molar-refractivity contribution in [1.29, 1.82) is 0 Å². The molecule has 0 saturated heterocycles. The molecule has 4 saturated carbocycles. The molecule has 0 unspecified atom stereocenters. The number of ether oxygens (including phenoxy) is 1. The Kier molecular flexibility index (Phi) is 4.84. The molecule has 140 valence electrons. The van der Waals surface area contributed by atoms with Crippen LogP contribution in [0.3, 0.4) is 0 Å². The highest BCUT2D eigenvalue weighted by atomic mass is 79.9. The maximum Gasteiger partial charge on any atom is 0.338 e. The number of benzene rings is 1. The SMILES string of the molecule is C[C@@H](NC(=O)COC(=O)c1cccc(Br)c1)C12CC3CC(CC(C3)C1)C2. The molecule has 0 spiro atoms. The Hall–Kier alpha value is -1.36. The predicted octanol–water partition coefficient (Wildman–Crippen LogP) is 4.33. The van der Waals surface area contributed by atoms with Crippen LogP contribution in [0.4, 0.5) is 0 Å². The number of esters is 1. The monoisotopic (exact) mass is 419 g/mol. The van der Waals surface area contributed by atoms with Gasteiger partial charge >= 0.3 is 5.97 Å². The summed E-state index contributed by atoms with van der Waals surface area (Å²) in [6, 6.07) is 7.14. The van der Waals surface area contributed by atoms with E-state index in [1.165, 1.54) is 38.5 Å². The number of carbonyl (C=O) groups is 2. The molecule has 0 radical (unpaired) electrons. The summed E-state index contributed by atoms with van der Waals surface area (Å²) in [6.07, 6.45) is 7.92. The molecule has 1 aromatic rings. The van der Waals surface area contributed by atoms with Crippen molar-refractivity contribution in [3.63, 3.8) is 0 Å². The molecule has 1 N–H and O–H groups in total. The van der Waals surface area contributed by atoms with Crippen molar-refractivity contribution in [2.75, 3.05) is 6.61 Å². The summed E-state index contributed by atoms with van der Waals surface area (Å²) in [5.41, 5.74) is 0.708. The third-order valence-corrected chi connectivity index (χ3v) is 7.27. The molecule has 0 aromatic heterocycles. The van der Waals surface area contributed by atoms with Crippen molar-refractivity contribution < 1.29 is 14.3 Å². The third kappa shape index (κ3) is 3.55. The summed E-state index contributed by atoms with van der Waals surface area (Å²) >= 11 is 3.33. The Morgan fingerprint density at radius 2 is 1.81 bits per heavy atom. The zero-order valence-corrected chi connectivity index (χ0v) is 16.8. The van der Waals surface area contributed by atoms with Crippen LogP contribution >= 0.6 is 15.9 Å². The molecule has 1 amide bonds. The van der Waals surface area contributed by atoms with E-state index in [0.717, 1.165) is 22.2 Å². The van der Waals surface area contributed by atoms with Crippen molar-refractivity contribution in [1.82, 2.24) is 5.32 Å². The van der Waals surface area contributed by atoms with E-state index >= 15 is 0 Å². The molecule has 1 atom stereocenters. The zero-order valence-electron chi connectivity index (χ0n) is 15.2. The molecule has 4 nitrogen and oxygen atoms in total. The minimum absolute atomic E-state index is 0.146. The third-order valence-electron chi connectivity index (χ3n) is 6.78. The van der Waals surface area contributed by atoms with E-state index in [2.05, 4.69) is 28.2 Å². The quantitative estimate of drug-likeness (QED) is 0.722. The van der Waals surface area contributed by atoms with Gasteiger partial charge in [0.1, 0.15) is 0 Å². The second-order valence-corrected chi connectivity index (χ2v) is 9.57. The summed E-state index contributed by atoms with van der Waals surface area (Å²) < 4.78 is 6.00. The molecule has 5 heteroatoms. The Morgan fingerprint density at radius 3 is 2.38 bits per heavy atom. The second kappa shape index (κ2) is 6.99. The van der Waals surface area contributed by atoms with Gasteiger partial charge in [-0.25, -0.2) is 4.79 Å². The van der Waals surface area contributed by atoms with Gasteiger partial charge in [-0.2, -0.15) is 0 Å². The molecule has 26 heavy (non-hydrogen) atoms. The van der Waals surface area contributed by atoms with Crippen LogP contribution in [0, 0.1) is 23.2 Å².